The predicted octanol–water partition coefficient (Wildman–Crippen LogP) is 1.75. The monoisotopic (exact) mass is 442 g/mol. The first kappa shape index (κ1) is 22.2. The zero-order valence-corrected chi connectivity index (χ0v) is 18.1. The average molecular weight is 443 g/mol. The molecule has 0 aromatic heterocycles. The highest BCUT2D eigenvalue weighted by Gasteiger charge is 2.41. The zero-order chi connectivity index (χ0) is 20.8. The molecule has 2 aliphatic heterocycles. The highest BCUT2D eigenvalue weighted by atomic mass is 32.2. The Labute approximate surface area is 178 Å². The van der Waals surface area contributed by atoms with Crippen molar-refractivity contribution >= 4 is 34.5 Å². The van der Waals surface area contributed by atoms with Crippen LogP contribution in [0.2, 0.25) is 0 Å². The number of carboxylic acids is 1. The number of thioether (sulfide) groups is 2. The molecule has 10 heteroatoms. The van der Waals surface area contributed by atoms with E-state index in [0.717, 1.165) is 10.8 Å². The van der Waals surface area contributed by atoms with Gasteiger partial charge in [0.05, 0.1) is 31.2 Å². The van der Waals surface area contributed by atoms with Crippen molar-refractivity contribution in [1.29, 1.82) is 0 Å². The van der Waals surface area contributed by atoms with Crippen LogP contribution < -0.4 is 4.74 Å². The minimum absolute atomic E-state index is 0.00562. The van der Waals surface area contributed by atoms with E-state index in [-0.39, 0.29) is 17.2 Å². The molecule has 160 valence electrons. The number of carboxylic acid groups (broad SMARTS) is 1. The van der Waals surface area contributed by atoms with Crippen molar-refractivity contribution in [3.63, 3.8) is 0 Å². The molecule has 0 amide bonds. The summed E-state index contributed by atoms with van der Waals surface area (Å²) >= 11 is 3.21. The number of aliphatic carboxylic acids is 1. The van der Waals surface area contributed by atoms with E-state index in [2.05, 4.69) is 0 Å². The Morgan fingerprint density at radius 3 is 2.76 bits per heavy atom. The lowest BCUT2D eigenvalue weighted by molar-refractivity contribution is -0.141. The van der Waals surface area contributed by atoms with E-state index in [0.29, 0.717) is 43.5 Å². The standard InChI is InChI=1S/C19H26N2O6S2/c1-21-15(19(23)24)11-29-18(21)14-10-28-17(20-14)13-4-3-12(9-16(13)22)27-8-7-26-6-5-25-2/h3-4,9,14-15,18,22H,5-8,10-11H2,1-2H3,(H,23,24)/t14-,15+,18+/m0/s1. The smallest absolute Gasteiger partial charge is 0.321 e. The van der Waals surface area contributed by atoms with E-state index in [4.69, 9.17) is 19.2 Å². The molecule has 0 aliphatic carbocycles. The first-order chi connectivity index (χ1) is 14.0. The molecule has 1 aromatic carbocycles. The van der Waals surface area contributed by atoms with Crippen molar-refractivity contribution in [2.24, 2.45) is 4.99 Å². The number of aromatic hydroxyl groups is 1. The van der Waals surface area contributed by atoms with Crippen LogP contribution in [0.5, 0.6) is 11.5 Å². The fourth-order valence-electron chi connectivity index (χ4n) is 3.16. The first-order valence-electron chi connectivity index (χ1n) is 9.31. The van der Waals surface area contributed by atoms with Gasteiger partial charge in [0.1, 0.15) is 29.2 Å². The predicted molar refractivity (Wildman–Crippen MR) is 115 cm³/mol. The zero-order valence-electron chi connectivity index (χ0n) is 16.4. The van der Waals surface area contributed by atoms with Crippen molar-refractivity contribution in [3.8, 4) is 11.5 Å². The van der Waals surface area contributed by atoms with Crippen LogP contribution in [-0.2, 0) is 14.3 Å². The van der Waals surface area contributed by atoms with Gasteiger partial charge in [-0.2, -0.15) is 0 Å². The van der Waals surface area contributed by atoms with E-state index in [9.17, 15) is 15.0 Å². The summed E-state index contributed by atoms with van der Waals surface area (Å²) in [6.07, 6.45) is 0. The van der Waals surface area contributed by atoms with Crippen molar-refractivity contribution in [2.45, 2.75) is 17.5 Å². The Morgan fingerprint density at radius 2 is 2.07 bits per heavy atom. The van der Waals surface area contributed by atoms with E-state index in [1.807, 2.05) is 11.9 Å². The van der Waals surface area contributed by atoms with Gasteiger partial charge in [-0.05, 0) is 19.2 Å². The molecule has 0 unspecified atom stereocenters. The lowest BCUT2D eigenvalue weighted by Gasteiger charge is -2.24. The summed E-state index contributed by atoms with van der Waals surface area (Å²) in [5, 5.41) is 20.5. The Kier molecular flexibility index (Phi) is 8.07. The van der Waals surface area contributed by atoms with Crippen LogP contribution in [0.25, 0.3) is 0 Å². The summed E-state index contributed by atoms with van der Waals surface area (Å²) < 4.78 is 15.8. The van der Waals surface area contributed by atoms with Crippen molar-refractivity contribution in [2.75, 3.05) is 52.1 Å². The highest BCUT2D eigenvalue weighted by molar-refractivity contribution is 8.14. The lowest BCUT2D eigenvalue weighted by atomic mass is 10.2. The van der Waals surface area contributed by atoms with Crippen molar-refractivity contribution < 1.29 is 29.2 Å². The molecule has 0 bridgehead atoms. The topological polar surface area (TPSA) is 101 Å². The number of likely N-dealkylation sites (N-methyl/N-ethyl adjacent to an activating group) is 1. The summed E-state index contributed by atoms with van der Waals surface area (Å²) in [6, 6.07) is 4.71. The van der Waals surface area contributed by atoms with E-state index in [1.54, 1.807) is 48.8 Å². The second-order valence-electron chi connectivity index (χ2n) is 6.69. The fourth-order valence-corrected chi connectivity index (χ4v) is 5.92. The summed E-state index contributed by atoms with van der Waals surface area (Å²) in [4.78, 5) is 18.0. The Bertz CT molecular complexity index is 747. The second-order valence-corrected chi connectivity index (χ2v) is 8.85. The number of benzene rings is 1. The molecule has 3 atom stereocenters. The third kappa shape index (κ3) is 5.58. The van der Waals surface area contributed by atoms with E-state index >= 15 is 0 Å². The molecule has 29 heavy (non-hydrogen) atoms. The summed E-state index contributed by atoms with van der Waals surface area (Å²) in [6.45, 7) is 1.89. The molecule has 2 N–H and O–H groups in total. The maximum absolute atomic E-state index is 11.3. The molecule has 2 aliphatic rings. The molecule has 8 nitrogen and oxygen atoms in total. The van der Waals surface area contributed by atoms with Gasteiger partial charge in [0.2, 0.25) is 0 Å². The number of aliphatic imine (C=N–C) groups is 1. The number of phenolic OH excluding ortho intramolecular Hbond substituents is 1. The molecular formula is C19H26N2O6S2. The second kappa shape index (κ2) is 10.5. The molecular weight excluding hydrogens is 416 g/mol. The first-order valence-corrected chi connectivity index (χ1v) is 11.3. The molecule has 0 spiro atoms. The van der Waals surface area contributed by atoms with Gasteiger partial charge in [0.15, 0.2) is 0 Å². The summed E-state index contributed by atoms with van der Waals surface area (Å²) in [7, 11) is 3.46. The van der Waals surface area contributed by atoms with Gasteiger partial charge in [-0.1, -0.05) is 0 Å². The van der Waals surface area contributed by atoms with Gasteiger partial charge < -0.3 is 24.4 Å². The van der Waals surface area contributed by atoms with Crippen LogP contribution >= 0.6 is 23.5 Å². The quantitative estimate of drug-likeness (QED) is 0.525. The third-order valence-electron chi connectivity index (χ3n) is 4.73. The largest absolute Gasteiger partial charge is 0.507 e. The fraction of sp³-hybridized carbons (Fsp3) is 0.579. The van der Waals surface area contributed by atoms with Crippen LogP contribution in [-0.4, -0.2) is 95.7 Å². The molecule has 1 saturated heterocycles. The van der Waals surface area contributed by atoms with Gasteiger partial charge in [0, 0.05) is 30.2 Å². The lowest BCUT2D eigenvalue weighted by Crippen LogP contribution is -2.42. The van der Waals surface area contributed by atoms with Gasteiger partial charge >= 0.3 is 5.97 Å². The van der Waals surface area contributed by atoms with Gasteiger partial charge in [-0.25, -0.2) is 0 Å². The van der Waals surface area contributed by atoms with Crippen LogP contribution in [0.4, 0.5) is 0 Å². The number of ether oxygens (including phenoxy) is 3. The number of nitrogens with zero attached hydrogens (tertiary/aromatic N) is 2. The minimum Gasteiger partial charge on any atom is -0.507 e. The number of hydrogen-bond acceptors (Lipinski definition) is 9. The van der Waals surface area contributed by atoms with E-state index in [1.165, 1.54) is 0 Å². The number of methoxy groups -OCH3 is 1. The van der Waals surface area contributed by atoms with Gasteiger partial charge in [-0.3, -0.25) is 14.7 Å². The van der Waals surface area contributed by atoms with Crippen LogP contribution in [0.1, 0.15) is 5.56 Å². The Balaban J connectivity index is 1.57. The normalized spacial score (nSPS) is 24.6. The van der Waals surface area contributed by atoms with Crippen molar-refractivity contribution in [1.82, 2.24) is 4.90 Å². The Hall–Kier alpha value is -1.46. The van der Waals surface area contributed by atoms with Gasteiger partial charge in [-0.15, -0.1) is 23.5 Å². The molecule has 2 heterocycles. The third-order valence-corrected chi connectivity index (χ3v) is 7.34. The number of carbonyl (C=O) groups is 1. The number of rotatable bonds is 10. The summed E-state index contributed by atoms with van der Waals surface area (Å²) in [5.74, 6) is 1.21. The van der Waals surface area contributed by atoms with Crippen LogP contribution in [0, 0.1) is 0 Å². The maximum Gasteiger partial charge on any atom is 0.321 e. The SMILES string of the molecule is COCCOCCOc1ccc(C2=N[C@H]([C@H]3SC[C@H](C(=O)O)N3C)CS2)c(O)c1. The molecule has 0 saturated carbocycles. The molecule has 0 radical (unpaired) electrons. The minimum atomic E-state index is -0.797. The maximum atomic E-state index is 11.3. The average Bonchev–Trinajstić information content (AvgIpc) is 3.31. The van der Waals surface area contributed by atoms with Crippen LogP contribution in [0.3, 0.4) is 0 Å². The number of hydrogen-bond donors (Lipinski definition) is 2. The molecule has 3 rings (SSSR count). The Morgan fingerprint density at radius 1 is 1.28 bits per heavy atom. The van der Waals surface area contributed by atoms with Gasteiger partial charge in [0.25, 0.3) is 0 Å². The van der Waals surface area contributed by atoms with E-state index < -0.39 is 12.0 Å². The highest BCUT2D eigenvalue weighted by Crippen LogP contribution is 2.38. The molecule has 1 aromatic rings. The van der Waals surface area contributed by atoms with Crippen molar-refractivity contribution in [3.05, 3.63) is 23.8 Å². The number of phenols is 1. The molecule has 1 fully saturated rings. The summed E-state index contributed by atoms with van der Waals surface area (Å²) in [5.41, 5.74) is 0.668. The van der Waals surface area contributed by atoms with Crippen LogP contribution in [0.15, 0.2) is 23.2 Å².